The fourth-order valence-electron chi connectivity index (χ4n) is 1.60. The summed E-state index contributed by atoms with van der Waals surface area (Å²) in [5, 5.41) is 2.85. The lowest BCUT2D eigenvalue weighted by Crippen LogP contribution is -2.19. The summed E-state index contributed by atoms with van der Waals surface area (Å²) in [6.45, 7) is 0. The third kappa shape index (κ3) is 3.90. The van der Waals surface area contributed by atoms with Gasteiger partial charge in [0.2, 0.25) is 5.91 Å². The van der Waals surface area contributed by atoms with Crippen LogP contribution in [0.3, 0.4) is 0 Å². The minimum absolute atomic E-state index is 0.0115. The van der Waals surface area contributed by atoms with E-state index in [4.69, 9.17) is 23.2 Å². The number of methoxy groups -OCH3 is 1. The molecule has 0 aliphatic carbocycles. The van der Waals surface area contributed by atoms with E-state index < -0.39 is 11.9 Å². The summed E-state index contributed by atoms with van der Waals surface area (Å²) in [5.41, 5.74) is 0.408. The van der Waals surface area contributed by atoms with Crippen LogP contribution in [0.25, 0.3) is 0 Å². The van der Waals surface area contributed by atoms with Crippen molar-refractivity contribution < 1.29 is 14.3 Å². The molecule has 0 aromatic carbocycles. The van der Waals surface area contributed by atoms with Crippen LogP contribution in [0.15, 0.2) is 24.5 Å². The molecule has 7 nitrogen and oxygen atoms in total. The number of nitrogens with one attached hydrogen (secondary N) is 1. The topological polar surface area (TPSA) is 94.1 Å². The number of hydrogen-bond donors (Lipinski definition) is 1. The summed E-state index contributed by atoms with van der Waals surface area (Å²) in [7, 11) is 1.21. The Balaban J connectivity index is 2.14. The Morgan fingerprint density at radius 3 is 2.64 bits per heavy atom. The van der Waals surface area contributed by atoms with Gasteiger partial charge >= 0.3 is 5.97 Å². The third-order valence-corrected chi connectivity index (χ3v) is 3.12. The second kappa shape index (κ2) is 7.15. The maximum atomic E-state index is 12.0. The van der Waals surface area contributed by atoms with E-state index in [0.29, 0.717) is 5.56 Å². The van der Waals surface area contributed by atoms with Crippen molar-refractivity contribution in [1.82, 2.24) is 15.0 Å². The first-order valence-electron chi connectivity index (χ1n) is 6.01. The smallest absolute Gasteiger partial charge is 0.360 e. The van der Waals surface area contributed by atoms with Crippen molar-refractivity contribution in [2.75, 3.05) is 12.4 Å². The molecule has 1 N–H and O–H groups in total. The summed E-state index contributed by atoms with van der Waals surface area (Å²) in [6.07, 6.45) is 2.61. The zero-order valence-corrected chi connectivity index (χ0v) is 12.9. The van der Waals surface area contributed by atoms with Crippen LogP contribution in [0, 0.1) is 0 Å². The molecule has 22 heavy (non-hydrogen) atoms. The minimum Gasteiger partial charge on any atom is -0.464 e. The molecule has 2 rings (SSSR count). The maximum Gasteiger partial charge on any atom is 0.360 e. The van der Waals surface area contributed by atoms with Crippen LogP contribution in [0.4, 0.5) is 5.82 Å². The first-order chi connectivity index (χ1) is 10.5. The number of aromatic nitrogens is 3. The third-order valence-electron chi connectivity index (χ3n) is 2.58. The number of ether oxygens (including phenoxy) is 1. The molecule has 9 heteroatoms. The van der Waals surface area contributed by atoms with E-state index in [-0.39, 0.29) is 28.2 Å². The summed E-state index contributed by atoms with van der Waals surface area (Å²) < 4.78 is 4.57. The Kier molecular flexibility index (Phi) is 5.24. The molecule has 0 saturated heterocycles. The van der Waals surface area contributed by atoms with Gasteiger partial charge in [0, 0.05) is 12.4 Å². The number of esters is 1. The molecule has 2 heterocycles. The van der Waals surface area contributed by atoms with E-state index in [2.05, 4.69) is 25.0 Å². The van der Waals surface area contributed by atoms with E-state index in [1.165, 1.54) is 25.6 Å². The van der Waals surface area contributed by atoms with Crippen molar-refractivity contribution in [3.8, 4) is 0 Å². The van der Waals surface area contributed by atoms with Gasteiger partial charge in [0.05, 0.1) is 13.5 Å². The molecule has 0 bridgehead atoms. The van der Waals surface area contributed by atoms with Crippen molar-refractivity contribution >= 4 is 40.9 Å². The predicted octanol–water partition coefficient (Wildman–Crippen LogP) is 2.15. The fraction of sp³-hybridized carbons (Fsp3) is 0.154. The molecule has 1 amide bonds. The quantitative estimate of drug-likeness (QED) is 0.676. The molecular formula is C13H10Cl2N4O3. The molecule has 0 aliphatic heterocycles. The van der Waals surface area contributed by atoms with E-state index in [1.807, 2.05) is 0 Å². The molecule has 0 fully saturated rings. The highest BCUT2D eigenvalue weighted by Gasteiger charge is 2.17. The summed E-state index contributed by atoms with van der Waals surface area (Å²) in [4.78, 5) is 35.1. The van der Waals surface area contributed by atoms with Gasteiger partial charge in [0.25, 0.3) is 0 Å². The highest BCUT2D eigenvalue weighted by atomic mass is 35.5. The Bertz CT molecular complexity index is 724. The van der Waals surface area contributed by atoms with Gasteiger partial charge in [-0.1, -0.05) is 29.3 Å². The standard InChI is InChI=1S/C13H10Cl2N4O3/c1-22-13(21)10-12(17-5-4-16-10)19-9(20)6-7-2-3-8(14)18-11(7)15/h2-5H,6H2,1H3,(H,17,19,20). The van der Waals surface area contributed by atoms with E-state index >= 15 is 0 Å². The van der Waals surface area contributed by atoms with Gasteiger partial charge < -0.3 is 10.1 Å². The Morgan fingerprint density at radius 2 is 1.95 bits per heavy atom. The van der Waals surface area contributed by atoms with Crippen molar-refractivity contribution in [3.05, 3.63) is 46.1 Å². The normalized spacial score (nSPS) is 10.1. The van der Waals surface area contributed by atoms with E-state index in [0.717, 1.165) is 0 Å². The number of halogens is 2. The summed E-state index contributed by atoms with van der Waals surface area (Å²) in [6, 6.07) is 3.12. The van der Waals surface area contributed by atoms with Crippen LogP contribution in [0.1, 0.15) is 16.1 Å². The monoisotopic (exact) mass is 340 g/mol. The number of carbonyl (C=O) groups excluding carboxylic acids is 2. The predicted molar refractivity (Wildman–Crippen MR) is 80.0 cm³/mol. The SMILES string of the molecule is COC(=O)c1nccnc1NC(=O)Cc1ccc(Cl)nc1Cl. The number of amides is 1. The van der Waals surface area contributed by atoms with Crippen LogP contribution in [-0.4, -0.2) is 33.9 Å². The van der Waals surface area contributed by atoms with E-state index in [1.54, 1.807) is 6.07 Å². The molecule has 2 aromatic rings. The summed E-state index contributed by atoms with van der Waals surface area (Å²) >= 11 is 11.6. The molecule has 0 spiro atoms. The molecule has 0 unspecified atom stereocenters. The number of rotatable bonds is 4. The lowest BCUT2D eigenvalue weighted by Gasteiger charge is -2.08. The Labute approximate surface area is 135 Å². The first kappa shape index (κ1) is 16.1. The van der Waals surface area contributed by atoms with Crippen LogP contribution in [0.5, 0.6) is 0 Å². The van der Waals surface area contributed by atoms with Crippen molar-refractivity contribution in [2.45, 2.75) is 6.42 Å². The second-order valence-corrected chi connectivity index (χ2v) is 4.80. The van der Waals surface area contributed by atoms with E-state index in [9.17, 15) is 9.59 Å². The molecule has 0 aliphatic rings. The first-order valence-corrected chi connectivity index (χ1v) is 6.77. The Hall–Kier alpha value is -2.25. The largest absolute Gasteiger partial charge is 0.464 e. The molecule has 114 valence electrons. The minimum atomic E-state index is -0.699. The van der Waals surface area contributed by atoms with Crippen molar-refractivity contribution in [1.29, 1.82) is 0 Å². The molecule has 0 atom stereocenters. The van der Waals surface area contributed by atoms with Gasteiger partial charge in [-0.2, -0.15) is 0 Å². The highest BCUT2D eigenvalue weighted by Crippen LogP contribution is 2.18. The molecule has 0 saturated carbocycles. The van der Waals surface area contributed by atoms with Gasteiger partial charge in [0.15, 0.2) is 11.5 Å². The fourth-order valence-corrected chi connectivity index (χ4v) is 2.01. The lowest BCUT2D eigenvalue weighted by atomic mass is 10.2. The molecule has 0 radical (unpaired) electrons. The van der Waals surface area contributed by atoms with Gasteiger partial charge in [0.1, 0.15) is 10.3 Å². The van der Waals surface area contributed by atoms with Crippen LogP contribution >= 0.6 is 23.2 Å². The van der Waals surface area contributed by atoms with Crippen LogP contribution < -0.4 is 5.32 Å². The number of carbonyl (C=O) groups is 2. The number of anilines is 1. The zero-order valence-electron chi connectivity index (χ0n) is 11.3. The lowest BCUT2D eigenvalue weighted by molar-refractivity contribution is -0.115. The van der Waals surface area contributed by atoms with Gasteiger partial charge in [-0.25, -0.2) is 19.7 Å². The summed E-state index contributed by atoms with van der Waals surface area (Å²) in [5.74, 6) is -1.12. The average Bonchev–Trinajstić information content (AvgIpc) is 2.50. The zero-order chi connectivity index (χ0) is 16.1. The Morgan fingerprint density at radius 1 is 1.23 bits per heavy atom. The van der Waals surface area contributed by atoms with Crippen molar-refractivity contribution in [3.63, 3.8) is 0 Å². The van der Waals surface area contributed by atoms with Gasteiger partial charge in [-0.05, 0) is 11.6 Å². The molecular weight excluding hydrogens is 331 g/mol. The number of nitrogens with zero attached hydrogens (tertiary/aromatic N) is 3. The average molecular weight is 341 g/mol. The van der Waals surface area contributed by atoms with Gasteiger partial charge in [-0.3, -0.25) is 4.79 Å². The number of pyridine rings is 1. The van der Waals surface area contributed by atoms with Gasteiger partial charge in [-0.15, -0.1) is 0 Å². The van der Waals surface area contributed by atoms with Crippen molar-refractivity contribution in [2.24, 2.45) is 0 Å². The maximum absolute atomic E-state index is 12.0. The van der Waals surface area contributed by atoms with Crippen LogP contribution in [-0.2, 0) is 16.0 Å². The highest BCUT2D eigenvalue weighted by molar-refractivity contribution is 6.33. The number of hydrogen-bond acceptors (Lipinski definition) is 6. The van der Waals surface area contributed by atoms with Crippen LogP contribution in [0.2, 0.25) is 10.3 Å². The molecule has 2 aromatic heterocycles. The second-order valence-electron chi connectivity index (χ2n) is 4.05.